The van der Waals surface area contributed by atoms with E-state index in [1.807, 2.05) is 6.20 Å². The predicted molar refractivity (Wildman–Crippen MR) is 68.5 cm³/mol. The zero-order valence-electron chi connectivity index (χ0n) is 10.4. The zero-order chi connectivity index (χ0) is 13.1. The van der Waals surface area contributed by atoms with Crippen LogP contribution in [0.4, 0.5) is 5.69 Å². The first-order chi connectivity index (χ1) is 8.58. The summed E-state index contributed by atoms with van der Waals surface area (Å²) >= 11 is 0. The molecule has 0 aliphatic heterocycles. The molecule has 0 unspecified atom stereocenters. The molecule has 1 aromatic carbocycles. The number of hydrogen-bond donors (Lipinski definition) is 0. The van der Waals surface area contributed by atoms with Crippen LogP contribution in [-0.4, -0.2) is 14.5 Å². The monoisotopic (exact) mass is 245 g/mol. The predicted octanol–water partition coefficient (Wildman–Crippen LogP) is 2.96. The number of rotatable bonds is 4. The number of non-ortho nitro benzene ring substituents is 1. The molecule has 0 fully saturated rings. The Morgan fingerprint density at radius 3 is 2.56 bits per heavy atom. The van der Waals surface area contributed by atoms with Gasteiger partial charge in [-0.1, -0.05) is 26.0 Å². The van der Waals surface area contributed by atoms with Gasteiger partial charge in [-0.15, -0.1) is 0 Å². The fourth-order valence-corrected chi connectivity index (χ4v) is 1.87. The molecule has 0 aliphatic carbocycles. The van der Waals surface area contributed by atoms with Crippen LogP contribution in [0.2, 0.25) is 0 Å². The standard InChI is InChI=1S/C13H15N3O2/c1-10(2)13-14-7-8-15(13)9-11-3-5-12(6-4-11)16(17)18/h3-8,10H,9H2,1-2H3. The minimum atomic E-state index is -0.388. The van der Waals surface area contributed by atoms with Crippen molar-refractivity contribution in [2.45, 2.75) is 26.3 Å². The van der Waals surface area contributed by atoms with Crippen molar-refractivity contribution in [2.24, 2.45) is 0 Å². The molecule has 0 amide bonds. The van der Waals surface area contributed by atoms with Crippen LogP contribution < -0.4 is 0 Å². The maximum Gasteiger partial charge on any atom is 0.269 e. The van der Waals surface area contributed by atoms with Gasteiger partial charge in [0.25, 0.3) is 5.69 Å². The van der Waals surface area contributed by atoms with Crippen LogP contribution >= 0.6 is 0 Å². The highest BCUT2D eigenvalue weighted by Crippen LogP contribution is 2.16. The first-order valence-corrected chi connectivity index (χ1v) is 5.82. The number of benzene rings is 1. The van der Waals surface area contributed by atoms with Gasteiger partial charge in [0.2, 0.25) is 0 Å². The highest BCUT2D eigenvalue weighted by molar-refractivity contribution is 5.33. The Hall–Kier alpha value is -2.17. The Bertz CT molecular complexity index is 544. The van der Waals surface area contributed by atoms with Gasteiger partial charge in [0.05, 0.1) is 4.92 Å². The second-order valence-corrected chi connectivity index (χ2v) is 4.49. The van der Waals surface area contributed by atoms with Gasteiger partial charge in [0.15, 0.2) is 0 Å². The highest BCUT2D eigenvalue weighted by atomic mass is 16.6. The molecule has 0 bridgehead atoms. The lowest BCUT2D eigenvalue weighted by molar-refractivity contribution is -0.384. The molecule has 0 saturated carbocycles. The fraction of sp³-hybridized carbons (Fsp3) is 0.308. The van der Waals surface area contributed by atoms with Gasteiger partial charge in [-0.3, -0.25) is 10.1 Å². The molecule has 0 aliphatic rings. The van der Waals surface area contributed by atoms with E-state index in [1.165, 1.54) is 12.1 Å². The molecule has 94 valence electrons. The van der Waals surface area contributed by atoms with Crippen molar-refractivity contribution >= 4 is 5.69 Å². The van der Waals surface area contributed by atoms with Gasteiger partial charge in [-0.05, 0) is 5.56 Å². The van der Waals surface area contributed by atoms with Crippen LogP contribution in [0.15, 0.2) is 36.7 Å². The zero-order valence-corrected chi connectivity index (χ0v) is 10.4. The van der Waals surface area contributed by atoms with Crippen molar-refractivity contribution in [3.05, 3.63) is 58.2 Å². The van der Waals surface area contributed by atoms with Gasteiger partial charge in [-0.25, -0.2) is 4.98 Å². The minimum Gasteiger partial charge on any atom is -0.330 e. The number of aromatic nitrogens is 2. The molecule has 0 spiro atoms. The van der Waals surface area contributed by atoms with E-state index in [9.17, 15) is 10.1 Å². The summed E-state index contributed by atoms with van der Waals surface area (Å²) in [5.41, 5.74) is 1.15. The smallest absolute Gasteiger partial charge is 0.269 e. The number of nitrogens with zero attached hydrogens (tertiary/aromatic N) is 3. The summed E-state index contributed by atoms with van der Waals surface area (Å²) in [7, 11) is 0. The summed E-state index contributed by atoms with van der Waals surface area (Å²) in [5.74, 6) is 1.38. The fourth-order valence-electron chi connectivity index (χ4n) is 1.87. The van der Waals surface area contributed by atoms with Gasteiger partial charge in [0, 0.05) is 37.0 Å². The van der Waals surface area contributed by atoms with E-state index in [0.717, 1.165) is 11.4 Å². The van der Waals surface area contributed by atoms with E-state index >= 15 is 0 Å². The van der Waals surface area contributed by atoms with Gasteiger partial charge in [0.1, 0.15) is 5.82 Å². The van der Waals surface area contributed by atoms with E-state index < -0.39 is 0 Å². The van der Waals surface area contributed by atoms with Crippen molar-refractivity contribution in [3.63, 3.8) is 0 Å². The second-order valence-electron chi connectivity index (χ2n) is 4.49. The van der Waals surface area contributed by atoms with Crippen LogP contribution in [-0.2, 0) is 6.54 Å². The van der Waals surface area contributed by atoms with Crippen molar-refractivity contribution in [2.75, 3.05) is 0 Å². The lowest BCUT2D eigenvalue weighted by Crippen LogP contribution is -2.05. The third kappa shape index (κ3) is 2.56. The maximum absolute atomic E-state index is 10.6. The van der Waals surface area contributed by atoms with E-state index in [-0.39, 0.29) is 10.6 Å². The minimum absolute atomic E-state index is 0.119. The summed E-state index contributed by atoms with van der Waals surface area (Å²) < 4.78 is 2.06. The molecular weight excluding hydrogens is 230 g/mol. The molecule has 5 heteroatoms. The third-order valence-corrected chi connectivity index (χ3v) is 2.76. The molecule has 2 aromatic rings. The third-order valence-electron chi connectivity index (χ3n) is 2.76. The Kier molecular flexibility index (Phi) is 3.41. The highest BCUT2D eigenvalue weighted by Gasteiger charge is 2.08. The lowest BCUT2D eigenvalue weighted by atomic mass is 10.2. The SMILES string of the molecule is CC(C)c1nccn1Cc1ccc([N+](=O)[O-])cc1. The quantitative estimate of drug-likeness (QED) is 0.614. The summed E-state index contributed by atoms with van der Waals surface area (Å²) in [4.78, 5) is 14.5. The summed E-state index contributed by atoms with van der Waals surface area (Å²) in [6, 6.07) is 6.62. The van der Waals surface area contributed by atoms with Crippen LogP contribution in [0.1, 0.15) is 31.2 Å². The molecular formula is C13H15N3O2. The molecule has 0 N–H and O–H groups in total. The van der Waals surface area contributed by atoms with Crippen LogP contribution in [0, 0.1) is 10.1 Å². The maximum atomic E-state index is 10.6. The van der Waals surface area contributed by atoms with Crippen LogP contribution in [0.5, 0.6) is 0 Å². The van der Waals surface area contributed by atoms with Gasteiger partial charge < -0.3 is 4.57 Å². The van der Waals surface area contributed by atoms with Crippen molar-refractivity contribution in [3.8, 4) is 0 Å². The molecule has 1 heterocycles. The number of imidazole rings is 1. The van der Waals surface area contributed by atoms with Crippen molar-refractivity contribution in [1.29, 1.82) is 0 Å². The Morgan fingerprint density at radius 1 is 1.33 bits per heavy atom. The molecule has 0 atom stereocenters. The van der Waals surface area contributed by atoms with E-state index in [2.05, 4.69) is 23.4 Å². The Morgan fingerprint density at radius 2 is 2.00 bits per heavy atom. The summed E-state index contributed by atoms with van der Waals surface area (Å²) in [6.07, 6.45) is 3.71. The van der Waals surface area contributed by atoms with Crippen molar-refractivity contribution in [1.82, 2.24) is 9.55 Å². The van der Waals surface area contributed by atoms with E-state index in [1.54, 1.807) is 18.3 Å². The number of nitro groups is 1. The van der Waals surface area contributed by atoms with Gasteiger partial charge >= 0.3 is 0 Å². The molecule has 5 nitrogen and oxygen atoms in total. The average molecular weight is 245 g/mol. The molecule has 0 saturated heterocycles. The van der Waals surface area contributed by atoms with Crippen LogP contribution in [0.25, 0.3) is 0 Å². The first kappa shape index (κ1) is 12.3. The Balaban J connectivity index is 2.18. The molecule has 2 rings (SSSR count). The summed E-state index contributed by atoms with van der Waals surface area (Å²) in [5, 5.41) is 10.6. The van der Waals surface area contributed by atoms with Crippen LogP contribution in [0.3, 0.4) is 0 Å². The summed E-state index contributed by atoms with van der Waals surface area (Å²) in [6.45, 7) is 4.87. The van der Waals surface area contributed by atoms with Gasteiger partial charge in [-0.2, -0.15) is 0 Å². The first-order valence-electron chi connectivity index (χ1n) is 5.82. The van der Waals surface area contributed by atoms with E-state index in [4.69, 9.17) is 0 Å². The number of nitro benzene ring substituents is 1. The molecule has 0 radical (unpaired) electrons. The lowest BCUT2D eigenvalue weighted by Gasteiger charge is -2.10. The van der Waals surface area contributed by atoms with E-state index in [0.29, 0.717) is 12.5 Å². The molecule has 18 heavy (non-hydrogen) atoms. The second kappa shape index (κ2) is 5.00. The van der Waals surface area contributed by atoms with Crippen molar-refractivity contribution < 1.29 is 4.92 Å². The number of hydrogen-bond acceptors (Lipinski definition) is 3. The molecule has 1 aromatic heterocycles. The average Bonchev–Trinajstić information content (AvgIpc) is 2.78. The Labute approximate surface area is 105 Å². The topological polar surface area (TPSA) is 61.0 Å². The normalized spacial score (nSPS) is 10.8. The largest absolute Gasteiger partial charge is 0.330 e.